The van der Waals surface area contributed by atoms with Crippen molar-refractivity contribution < 1.29 is 14.6 Å². The van der Waals surface area contributed by atoms with Gasteiger partial charge in [-0.1, -0.05) is 31.0 Å². The van der Waals surface area contributed by atoms with Gasteiger partial charge in [0.2, 0.25) is 5.90 Å². The van der Waals surface area contributed by atoms with Gasteiger partial charge in [-0.15, -0.1) is 0 Å². The van der Waals surface area contributed by atoms with Crippen LogP contribution in [0.1, 0.15) is 36.8 Å². The number of ether oxygens (including phenoxy) is 1. The van der Waals surface area contributed by atoms with E-state index in [4.69, 9.17) is 4.74 Å². The number of nitrogens with zero attached hydrogens (tertiary/aromatic N) is 1. The molecule has 0 spiro atoms. The molecule has 0 unspecified atom stereocenters. The average Bonchev–Trinajstić information content (AvgIpc) is 3.11. The summed E-state index contributed by atoms with van der Waals surface area (Å²) in [7, 11) is 0. The summed E-state index contributed by atoms with van der Waals surface area (Å²) in [6.45, 7) is 1.24. The normalized spacial score (nSPS) is 20.9. The van der Waals surface area contributed by atoms with E-state index in [1.54, 1.807) is 0 Å². The molecule has 1 saturated carbocycles. The maximum absolute atomic E-state index is 11.8. The summed E-state index contributed by atoms with van der Waals surface area (Å²) in [5.41, 5.74) is 0.954. The van der Waals surface area contributed by atoms with Gasteiger partial charge in [-0.2, -0.15) is 0 Å². The fourth-order valence-electron chi connectivity index (χ4n) is 3.16. The monoisotopic (exact) mass is 259 g/mol. The van der Waals surface area contributed by atoms with Crippen molar-refractivity contribution in [3.8, 4) is 0 Å². The Morgan fingerprint density at radius 3 is 2.63 bits per heavy atom. The molecule has 4 heteroatoms. The van der Waals surface area contributed by atoms with Crippen molar-refractivity contribution in [1.82, 2.24) is 0 Å². The first-order chi connectivity index (χ1) is 9.24. The van der Waals surface area contributed by atoms with Crippen molar-refractivity contribution in [2.75, 3.05) is 13.2 Å². The fourth-order valence-corrected chi connectivity index (χ4v) is 3.16. The van der Waals surface area contributed by atoms with E-state index < -0.39 is 11.4 Å². The molecule has 1 aromatic carbocycles. The van der Waals surface area contributed by atoms with E-state index in [9.17, 15) is 9.90 Å². The van der Waals surface area contributed by atoms with E-state index >= 15 is 0 Å². The van der Waals surface area contributed by atoms with E-state index in [-0.39, 0.29) is 0 Å². The van der Waals surface area contributed by atoms with Crippen LogP contribution in [-0.2, 0) is 14.9 Å². The van der Waals surface area contributed by atoms with Crippen molar-refractivity contribution in [2.24, 2.45) is 4.99 Å². The Bertz CT molecular complexity index is 530. The Morgan fingerprint density at radius 2 is 2.00 bits per heavy atom. The van der Waals surface area contributed by atoms with Gasteiger partial charge in [0, 0.05) is 5.56 Å². The number of rotatable bonds is 3. The molecule has 0 bridgehead atoms. The second-order valence-electron chi connectivity index (χ2n) is 5.18. The molecule has 1 fully saturated rings. The van der Waals surface area contributed by atoms with Crippen LogP contribution >= 0.6 is 0 Å². The van der Waals surface area contributed by atoms with Crippen LogP contribution < -0.4 is 0 Å². The quantitative estimate of drug-likeness (QED) is 0.906. The van der Waals surface area contributed by atoms with E-state index in [0.29, 0.717) is 31.9 Å². The van der Waals surface area contributed by atoms with E-state index in [1.807, 2.05) is 24.3 Å². The Hall–Kier alpha value is -1.84. The number of carboxylic acid groups (broad SMARTS) is 1. The first-order valence-electron chi connectivity index (χ1n) is 6.74. The lowest BCUT2D eigenvalue weighted by Gasteiger charge is -2.26. The number of hydrogen-bond donors (Lipinski definition) is 1. The minimum Gasteiger partial charge on any atom is -0.481 e. The van der Waals surface area contributed by atoms with Gasteiger partial charge in [0.05, 0.1) is 12.0 Å². The minimum absolute atomic E-state index is 0.587. The Kier molecular flexibility index (Phi) is 3.01. The Morgan fingerprint density at radius 1 is 1.26 bits per heavy atom. The molecular formula is C15H17NO3. The topological polar surface area (TPSA) is 58.9 Å². The third-order valence-corrected chi connectivity index (χ3v) is 4.13. The second kappa shape index (κ2) is 4.68. The van der Waals surface area contributed by atoms with Crippen molar-refractivity contribution >= 4 is 11.9 Å². The fraction of sp³-hybridized carbons (Fsp3) is 0.467. The zero-order chi connectivity index (χ0) is 13.3. The molecule has 1 N–H and O–H groups in total. The van der Waals surface area contributed by atoms with Gasteiger partial charge in [-0.3, -0.25) is 4.79 Å². The molecule has 0 radical (unpaired) electrons. The molecule has 1 aliphatic carbocycles. The van der Waals surface area contributed by atoms with Gasteiger partial charge in [-0.05, 0) is 24.5 Å². The molecule has 100 valence electrons. The molecule has 0 amide bonds. The summed E-state index contributed by atoms with van der Waals surface area (Å²) in [5, 5.41) is 9.70. The molecule has 0 saturated heterocycles. The van der Waals surface area contributed by atoms with E-state index in [1.165, 1.54) is 0 Å². The van der Waals surface area contributed by atoms with Crippen molar-refractivity contribution in [1.29, 1.82) is 0 Å². The van der Waals surface area contributed by atoms with Gasteiger partial charge >= 0.3 is 5.97 Å². The lowest BCUT2D eigenvalue weighted by atomic mass is 9.76. The number of carbonyl (C=O) groups is 1. The Balaban J connectivity index is 2.11. The van der Waals surface area contributed by atoms with Gasteiger partial charge < -0.3 is 9.84 Å². The van der Waals surface area contributed by atoms with Crippen LogP contribution in [0.3, 0.4) is 0 Å². The minimum atomic E-state index is -0.759. The number of hydrogen-bond acceptors (Lipinski definition) is 3. The van der Waals surface area contributed by atoms with Crippen LogP contribution in [0.25, 0.3) is 0 Å². The predicted molar refractivity (Wildman–Crippen MR) is 71.6 cm³/mol. The van der Waals surface area contributed by atoms with Crippen LogP contribution in [-0.4, -0.2) is 30.1 Å². The Labute approximate surface area is 112 Å². The molecule has 1 aliphatic heterocycles. The largest absolute Gasteiger partial charge is 0.481 e. The van der Waals surface area contributed by atoms with Crippen LogP contribution in [0.2, 0.25) is 0 Å². The highest BCUT2D eigenvalue weighted by molar-refractivity contribution is 5.99. The third kappa shape index (κ3) is 1.91. The van der Waals surface area contributed by atoms with Crippen LogP contribution in [0.15, 0.2) is 29.3 Å². The summed E-state index contributed by atoms with van der Waals surface area (Å²) in [6.07, 6.45) is 3.33. The molecule has 1 heterocycles. The molecule has 0 atom stereocenters. The molecule has 1 aromatic rings. The van der Waals surface area contributed by atoms with E-state index in [2.05, 4.69) is 4.99 Å². The van der Waals surface area contributed by atoms with Gasteiger partial charge in [0.25, 0.3) is 0 Å². The number of aliphatic imine (C=N–C) groups is 1. The number of benzene rings is 1. The lowest BCUT2D eigenvalue weighted by Crippen LogP contribution is -2.34. The maximum atomic E-state index is 11.8. The summed E-state index contributed by atoms with van der Waals surface area (Å²) >= 11 is 0. The highest BCUT2D eigenvalue weighted by atomic mass is 16.5. The first kappa shape index (κ1) is 12.2. The lowest BCUT2D eigenvalue weighted by molar-refractivity contribution is -0.143. The summed E-state index contributed by atoms with van der Waals surface area (Å²) in [6, 6.07) is 7.65. The zero-order valence-electron chi connectivity index (χ0n) is 10.8. The molecule has 3 rings (SSSR count). The van der Waals surface area contributed by atoms with Crippen LogP contribution in [0.4, 0.5) is 0 Å². The van der Waals surface area contributed by atoms with Crippen LogP contribution in [0.5, 0.6) is 0 Å². The van der Waals surface area contributed by atoms with E-state index in [0.717, 1.165) is 24.0 Å². The van der Waals surface area contributed by atoms with Crippen molar-refractivity contribution in [2.45, 2.75) is 31.1 Å². The third-order valence-electron chi connectivity index (χ3n) is 4.13. The van der Waals surface area contributed by atoms with Gasteiger partial charge in [0.15, 0.2) is 0 Å². The number of carboxylic acids is 1. The standard InChI is InChI=1S/C15H17NO3/c17-14(18)15(7-3-4-8-15)12-6-2-1-5-11(12)13-16-9-10-19-13/h1-2,5-6H,3-4,7-10H2,(H,17,18). The maximum Gasteiger partial charge on any atom is 0.314 e. The molecular weight excluding hydrogens is 242 g/mol. The molecule has 19 heavy (non-hydrogen) atoms. The van der Waals surface area contributed by atoms with Crippen molar-refractivity contribution in [3.05, 3.63) is 35.4 Å². The SMILES string of the molecule is O=C(O)C1(c2ccccc2C2=NCCO2)CCCC1. The summed E-state index contributed by atoms with van der Waals surface area (Å²) in [5.74, 6) is -0.126. The smallest absolute Gasteiger partial charge is 0.314 e. The van der Waals surface area contributed by atoms with Gasteiger partial charge in [0.1, 0.15) is 6.61 Å². The number of aliphatic carboxylic acids is 1. The highest BCUT2D eigenvalue weighted by Crippen LogP contribution is 2.43. The predicted octanol–water partition coefficient (Wildman–Crippen LogP) is 2.36. The molecule has 2 aliphatic rings. The average molecular weight is 259 g/mol. The zero-order valence-corrected chi connectivity index (χ0v) is 10.8. The first-order valence-corrected chi connectivity index (χ1v) is 6.74. The van der Waals surface area contributed by atoms with Crippen molar-refractivity contribution in [3.63, 3.8) is 0 Å². The summed E-state index contributed by atoms with van der Waals surface area (Å²) < 4.78 is 5.52. The second-order valence-corrected chi connectivity index (χ2v) is 5.18. The molecule has 4 nitrogen and oxygen atoms in total. The molecule has 0 aromatic heterocycles. The summed E-state index contributed by atoms with van der Waals surface area (Å²) in [4.78, 5) is 16.1. The van der Waals surface area contributed by atoms with Gasteiger partial charge in [-0.25, -0.2) is 4.99 Å². The van der Waals surface area contributed by atoms with Crippen LogP contribution in [0, 0.1) is 0 Å². The highest BCUT2D eigenvalue weighted by Gasteiger charge is 2.44.